The predicted octanol–water partition coefficient (Wildman–Crippen LogP) is 0.0635. The highest BCUT2D eigenvalue weighted by Gasteiger charge is 2.19. The Balaban J connectivity index is 4.00. The highest BCUT2D eigenvalue weighted by molar-refractivity contribution is 5.89. The summed E-state index contributed by atoms with van der Waals surface area (Å²) >= 11 is 0. The standard InChI is InChI=1S/C11H21N3O4/c1-4-5-6-12-11(18)14-7(2)9(15)13-8(3)10(16)17/h7-8H,4-6H2,1-3H3,(H,13,15)(H,16,17)(H2,12,14,18)/t7-,8-/m0/s1. The molecule has 0 aromatic carbocycles. The summed E-state index contributed by atoms with van der Waals surface area (Å²) in [6, 6.07) is -2.20. The van der Waals surface area contributed by atoms with Gasteiger partial charge in [-0.15, -0.1) is 0 Å². The highest BCUT2D eigenvalue weighted by atomic mass is 16.4. The summed E-state index contributed by atoms with van der Waals surface area (Å²) in [6.07, 6.45) is 1.83. The topological polar surface area (TPSA) is 108 Å². The van der Waals surface area contributed by atoms with Crippen molar-refractivity contribution < 1.29 is 19.5 Å². The molecule has 0 aromatic heterocycles. The molecular formula is C11H21N3O4. The van der Waals surface area contributed by atoms with Crippen LogP contribution in [0.25, 0.3) is 0 Å². The van der Waals surface area contributed by atoms with E-state index in [1.54, 1.807) is 0 Å². The lowest BCUT2D eigenvalue weighted by molar-refractivity contribution is -0.141. The summed E-state index contributed by atoms with van der Waals surface area (Å²) in [5, 5.41) is 15.9. The maximum Gasteiger partial charge on any atom is 0.325 e. The van der Waals surface area contributed by atoms with Crippen LogP contribution in [0.3, 0.4) is 0 Å². The fraction of sp³-hybridized carbons (Fsp3) is 0.727. The Morgan fingerprint density at radius 3 is 2.22 bits per heavy atom. The van der Waals surface area contributed by atoms with Gasteiger partial charge in [0.05, 0.1) is 0 Å². The minimum atomic E-state index is -1.12. The molecule has 0 saturated carbocycles. The van der Waals surface area contributed by atoms with Gasteiger partial charge in [0.2, 0.25) is 5.91 Å². The first-order chi connectivity index (χ1) is 8.38. The number of amides is 3. The number of unbranched alkanes of at least 4 members (excludes halogenated alkanes) is 1. The molecule has 3 amide bonds. The smallest absolute Gasteiger partial charge is 0.325 e. The van der Waals surface area contributed by atoms with E-state index in [9.17, 15) is 14.4 Å². The van der Waals surface area contributed by atoms with Crippen LogP contribution in [0.1, 0.15) is 33.6 Å². The van der Waals surface area contributed by atoms with Crippen molar-refractivity contribution in [2.24, 2.45) is 0 Å². The fourth-order valence-corrected chi connectivity index (χ4v) is 1.09. The van der Waals surface area contributed by atoms with Crippen LogP contribution >= 0.6 is 0 Å². The van der Waals surface area contributed by atoms with E-state index in [4.69, 9.17) is 5.11 Å². The quantitative estimate of drug-likeness (QED) is 0.485. The van der Waals surface area contributed by atoms with E-state index in [0.717, 1.165) is 12.8 Å². The molecule has 0 saturated heterocycles. The minimum Gasteiger partial charge on any atom is -0.480 e. The molecule has 2 atom stereocenters. The number of hydrogen-bond donors (Lipinski definition) is 4. The van der Waals surface area contributed by atoms with Gasteiger partial charge in [-0.25, -0.2) is 4.79 Å². The first-order valence-electron chi connectivity index (χ1n) is 5.96. The fourth-order valence-electron chi connectivity index (χ4n) is 1.09. The summed E-state index contributed by atoms with van der Waals surface area (Å²) < 4.78 is 0. The van der Waals surface area contributed by atoms with E-state index in [1.165, 1.54) is 13.8 Å². The third-order valence-corrected chi connectivity index (χ3v) is 2.29. The zero-order valence-corrected chi connectivity index (χ0v) is 10.9. The highest BCUT2D eigenvalue weighted by Crippen LogP contribution is 1.88. The molecular weight excluding hydrogens is 238 g/mol. The van der Waals surface area contributed by atoms with Gasteiger partial charge in [-0.1, -0.05) is 13.3 Å². The molecule has 0 spiro atoms. The molecule has 0 fully saturated rings. The second-order valence-corrected chi connectivity index (χ2v) is 4.04. The summed E-state index contributed by atoms with van der Waals surface area (Å²) in [4.78, 5) is 33.4. The van der Waals surface area contributed by atoms with Gasteiger partial charge >= 0.3 is 12.0 Å². The van der Waals surface area contributed by atoms with Crippen molar-refractivity contribution in [1.82, 2.24) is 16.0 Å². The van der Waals surface area contributed by atoms with Gasteiger partial charge in [0.15, 0.2) is 0 Å². The number of carbonyl (C=O) groups is 3. The van der Waals surface area contributed by atoms with Gasteiger partial charge in [-0.3, -0.25) is 9.59 Å². The maximum absolute atomic E-state index is 11.5. The van der Waals surface area contributed by atoms with Crippen molar-refractivity contribution in [3.05, 3.63) is 0 Å². The molecule has 0 aliphatic carbocycles. The Hall–Kier alpha value is -1.79. The van der Waals surface area contributed by atoms with E-state index >= 15 is 0 Å². The second-order valence-electron chi connectivity index (χ2n) is 4.04. The van der Waals surface area contributed by atoms with Crippen molar-refractivity contribution in [3.8, 4) is 0 Å². The van der Waals surface area contributed by atoms with Gasteiger partial charge in [-0.2, -0.15) is 0 Å². The molecule has 7 heteroatoms. The molecule has 0 bridgehead atoms. The van der Waals surface area contributed by atoms with Gasteiger partial charge in [0.1, 0.15) is 12.1 Å². The number of aliphatic carboxylic acids is 1. The first-order valence-corrected chi connectivity index (χ1v) is 5.96. The molecule has 4 N–H and O–H groups in total. The van der Waals surface area contributed by atoms with Crippen LogP contribution in [-0.2, 0) is 9.59 Å². The van der Waals surface area contributed by atoms with Crippen LogP contribution in [0.15, 0.2) is 0 Å². The van der Waals surface area contributed by atoms with Crippen molar-refractivity contribution in [3.63, 3.8) is 0 Å². The predicted molar refractivity (Wildman–Crippen MR) is 66.1 cm³/mol. The van der Waals surface area contributed by atoms with Crippen LogP contribution in [0.4, 0.5) is 4.79 Å². The second kappa shape index (κ2) is 8.32. The summed E-state index contributed by atoms with van der Waals surface area (Å²) in [5.74, 6) is -1.65. The largest absolute Gasteiger partial charge is 0.480 e. The van der Waals surface area contributed by atoms with Crippen LogP contribution in [-0.4, -0.2) is 41.6 Å². The zero-order valence-electron chi connectivity index (χ0n) is 10.9. The van der Waals surface area contributed by atoms with Crippen LogP contribution in [0, 0.1) is 0 Å². The van der Waals surface area contributed by atoms with E-state index in [0.29, 0.717) is 6.54 Å². The summed E-state index contributed by atoms with van der Waals surface area (Å²) in [5.41, 5.74) is 0. The Morgan fingerprint density at radius 1 is 1.11 bits per heavy atom. The number of urea groups is 1. The minimum absolute atomic E-state index is 0.436. The molecule has 0 unspecified atom stereocenters. The van der Waals surface area contributed by atoms with E-state index < -0.39 is 30.0 Å². The lowest BCUT2D eigenvalue weighted by Crippen LogP contribution is -2.51. The molecule has 0 heterocycles. The lowest BCUT2D eigenvalue weighted by Gasteiger charge is -2.16. The van der Waals surface area contributed by atoms with E-state index in [2.05, 4.69) is 16.0 Å². The number of hydrogen-bond acceptors (Lipinski definition) is 3. The van der Waals surface area contributed by atoms with E-state index in [1.807, 2.05) is 6.92 Å². The van der Waals surface area contributed by atoms with Gasteiger partial charge in [0.25, 0.3) is 0 Å². The van der Waals surface area contributed by atoms with Crippen LogP contribution in [0.2, 0.25) is 0 Å². The van der Waals surface area contributed by atoms with Crippen molar-refractivity contribution >= 4 is 17.9 Å². The Labute approximate surface area is 106 Å². The summed E-state index contributed by atoms with van der Waals surface area (Å²) in [7, 11) is 0. The van der Waals surface area contributed by atoms with Crippen molar-refractivity contribution in [2.75, 3.05) is 6.54 Å². The lowest BCUT2D eigenvalue weighted by atomic mass is 10.2. The maximum atomic E-state index is 11.5. The number of rotatable bonds is 7. The number of carboxylic acids is 1. The average molecular weight is 259 g/mol. The summed E-state index contributed by atoms with van der Waals surface area (Å²) in [6.45, 7) is 5.39. The van der Waals surface area contributed by atoms with E-state index in [-0.39, 0.29) is 0 Å². The van der Waals surface area contributed by atoms with Gasteiger partial charge < -0.3 is 21.1 Å². The molecule has 18 heavy (non-hydrogen) atoms. The molecule has 0 aromatic rings. The molecule has 0 aliphatic heterocycles. The molecule has 0 aliphatic rings. The number of carbonyl (C=O) groups excluding carboxylic acids is 2. The van der Waals surface area contributed by atoms with Crippen LogP contribution < -0.4 is 16.0 Å². The molecule has 7 nitrogen and oxygen atoms in total. The average Bonchev–Trinajstić information content (AvgIpc) is 2.28. The first kappa shape index (κ1) is 16.2. The molecule has 104 valence electrons. The van der Waals surface area contributed by atoms with Crippen molar-refractivity contribution in [2.45, 2.75) is 45.7 Å². The van der Waals surface area contributed by atoms with Gasteiger partial charge in [0, 0.05) is 6.54 Å². The zero-order chi connectivity index (χ0) is 14.1. The normalized spacial score (nSPS) is 13.3. The molecule has 0 rings (SSSR count). The SMILES string of the molecule is CCCCNC(=O)N[C@@H](C)C(=O)N[C@@H](C)C(=O)O. The number of carboxylic acid groups (broad SMARTS) is 1. The monoisotopic (exact) mass is 259 g/mol. The number of nitrogens with one attached hydrogen (secondary N) is 3. The third-order valence-electron chi connectivity index (χ3n) is 2.29. The molecule has 0 radical (unpaired) electrons. The Bertz CT molecular complexity index is 307. The Kier molecular flexibility index (Phi) is 7.50. The van der Waals surface area contributed by atoms with Gasteiger partial charge in [-0.05, 0) is 20.3 Å². The van der Waals surface area contributed by atoms with Crippen LogP contribution in [0.5, 0.6) is 0 Å². The Morgan fingerprint density at radius 2 is 1.72 bits per heavy atom. The van der Waals surface area contributed by atoms with Crippen molar-refractivity contribution in [1.29, 1.82) is 0 Å². The third kappa shape index (κ3) is 6.72.